The third-order valence-corrected chi connectivity index (χ3v) is 4.99. The Labute approximate surface area is 164 Å². The maximum Gasteiger partial charge on any atom is 0.308 e. The summed E-state index contributed by atoms with van der Waals surface area (Å²) in [5, 5.41) is 0. The second kappa shape index (κ2) is 16.6. The lowest BCUT2D eigenvalue weighted by Crippen LogP contribution is -2.17. The lowest BCUT2D eigenvalue weighted by Gasteiger charge is -2.15. The van der Waals surface area contributed by atoms with E-state index in [1.165, 1.54) is 21.3 Å². The Balaban J connectivity index is 3.87. The van der Waals surface area contributed by atoms with Crippen LogP contribution in [-0.4, -0.2) is 39.2 Å². The third-order valence-electron chi connectivity index (χ3n) is 4.99. The van der Waals surface area contributed by atoms with Crippen LogP contribution in [0.3, 0.4) is 0 Å². The summed E-state index contributed by atoms with van der Waals surface area (Å²) in [4.78, 5) is 34.4. The topological polar surface area (TPSA) is 78.9 Å². The van der Waals surface area contributed by atoms with E-state index in [4.69, 9.17) is 9.47 Å². The van der Waals surface area contributed by atoms with Crippen LogP contribution in [0.4, 0.5) is 0 Å². The van der Waals surface area contributed by atoms with Gasteiger partial charge in [0.15, 0.2) is 0 Å². The second-order valence-corrected chi connectivity index (χ2v) is 7.16. The molecule has 0 aliphatic rings. The molecule has 27 heavy (non-hydrogen) atoms. The van der Waals surface area contributed by atoms with Crippen molar-refractivity contribution in [2.24, 2.45) is 11.8 Å². The lowest BCUT2D eigenvalue weighted by atomic mass is 9.93. The first-order valence-corrected chi connectivity index (χ1v) is 10.2. The molecule has 0 aliphatic heterocycles. The molecule has 6 nitrogen and oxygen atoms in total. The van der Waals surface area contributed by atoms with E-state index in [9.17, 15) is 14.4 Å². The zero-order chi connectivity index (χ0) is 20.5. The summed E-state index contributed by atoms with van der Waals surface area (Å²) in [5.74, 6) is -0.592. The molecule has 0 saturated heterocycles. The highest BCUT2D eigenvalue weighted by Crippen LogP contribution is 2.21. The van der Waals surface area contributed by atoms with Crippen molar-refractivity contribution in [2.75, 3.05) is 21.3 Å². The van der Waals surface area contributed by atoms with E-state index < -0.39 is 0 Å². The molecule has 0 aromatic heterocycles. The van der Waals surface area contributed by atoms with Gasteiger partial charge < -0.3 is 14.2 Å². The van der Waals surface area contributed by atoms with Crippen LogP contribution in [0.2, 0.25) is 0 Å². The van der Waals surface area contributed by atoms with Gasteiger partial charge in [0.2, 0.25) is 0 Å². The van der Waals surface area contributed by atoms with Gasteiger partial charge in [-0.2, -0.15) is 0 Å². The number of hydrogen-bond acceptors (Lipinski definition) is 6. The molecule has 0 aromatic rings. The summed E-state index contributed by atoms with van der Waals surface area (Å²) in [6, 6.07) is 0. The maximum atomic E-state index is 12.0. The van der Waals surface area contributed by atoms with E-state index in [1.54, 1.807) is 0 Å². The summed E-state index contributed by atoms with van der Waals surface area (Å²) < 4.78 is 14.3. The Kier molecular flexibility index (Phi) is 15.6. The molecule has 2 atom stereocenters. The van der Waals surface area contributed by atoms with Gasteiger partial charge in [-0.25, -0.2) is 0 Å². The van der Waals surface area contributed by atoms with E-state index in [-0.39, 0.29) is 29.7 Å². The number of methoxy groups -OCH3 is 3. The highest BCUT2D eigenvalue weighted by Gasteiger charge is 2.19. The minimum Gasteiger partial charge on any atom is -0.469 e. The maximum absolute atomic E-state index is 12.0. The summed E-state index contributed by atoms with van der Waals surface area (Å²) in [5.41, 5.74) is 0. The number of carbonyl (C=O) groups is 3. The summed E-state index contributed by atoms with van der Waals surface area (Å²) >= 11 is 0. The number of unbranched alkanes of at least 4 members (excludes halogenated alkanes) is 6. The number of ether oxygens (including phenoxy) is 3. The van der Waals surface area contributed by atoms with Crippen molar-refractivity contribution in [1.29, 1.82) is 0 Å². The molecule has 0 heterocycles. The first-order valence-electron chi connectivity index (χ1n) is 10.2. The molecule has 2 unspecified atom stereocenters. The van der Waals surface area contributed by atoms with Gasteiger partial charge in [-0.3, -0.25) is 14.4 Å². The molecule has 0 N–H and O–H groups in total. The average molecular weight is 387 g/mol. The predicted octanol–water partition coefficient (Wildman–Crippen LogP) is 4.44. The minimum atomic E-state index is -0.175. The van der Waals surface area contributed by atoms with Crippen LogP contribution in [0, 0.1) is 11.8 Å². The fraction of sp³-hybridized carbons (Fsp3) is 0.857. The van der Waals surface area contributed by atoms with Gasteiger partial charge in [-0.1, -0.05) is 51.9 Å². The number of carbonyl (C=O) groups excluding carboxylic acids is 3. The van der Waals surface area contributed by atoms with Gasteiger partial charge in [0, 0.05) is 6.42 Å². The van der Waals surface area contributed by atoms with Gasteiger partial charge >= 0.3 is 17.9 Å². The largest absolute Gasteiger partial charge is 0.469 e. The Bertz CT molecular complexity index is 421. The van der Waals surface area contributed by atoms with Crippen molar-refractivity contribution in [3.63, 3.8) is 0 Å². The van der Waals surface area contributed by atoms with Crippen LogP contribution < -0.4 is 0 Å². The quantitative estimate of drug-likeness (QED) is 0.222. The van der Waals surface area contributed by atoms with Crippen LogP contribution >= 0.6 is 0 Å². The first kappa shape index (κ1) is 25.4. The Morgan fingerprint density at radius 2 is 1.11 bits per heavy atom. The van der Waals surface area contributed by atoms with Gasteiger partial charge in [-0.05, 0) is 25.7 Å². The molecule has 0 rings (SSSR count). The van der Waals surface area contributed by atoms with Crippen LogP contribution in [-0.2, 0) is 28.6 Å². The molecule has 0 bridgehead atoms. The highest BCUT2D eigenvalue weighted by atomic mass is 16.5. The molecule has 0 fully saturated rings. The highest BCUT2D eigenvalue weighted by molar-refractivity contribution is 5.72. The summed E-state index contributed by atoms with van der Waals surface area (Å²) in [6.45, 7) is 1.87. The molecule has 0 aliphatic carbocycles. The molecular weight excluding hydrogens is 348 g/mol. The fourth-order valence-electron chi connectivity index (χ4n) is 3.18. The van der Waals surface area contributed by atoms with Crippen molar-refractivity contribution < 1.29 is 28.6 Å². The van der Waals surface area contributed by atoms with Crippen LogP contribution in [0.15, 0.2) is 0 Å². The van der Waals surface area contributed by atoms with E-state index in [0.29, 0.717) is 6.42 Å². The molecule has 158 valence electrons. The molecule has 0 amide bonds. The van der Waals surface area contributed by atoms with Crippen LogP contribution in [0.25, 0.3) is 0 Å². The fourth-order valence-corrected chi connectivity index (χ4v) is 3.18. The first-order chi connectivity index (χ1) is 13.0. The summed E-state index contributed by atoms with van der Waals surface area (Å²) in [7, 11) is 4.26. The second-order valence-electron chi connectivity index (χ2n) is 7.16. The Morgan fingerprint density at radius 3 is 1.67 bits per heavy atom. The summed E-state index contributed by atoms with van der Waals surface area (Å²) in [6.07, 6.45) is 11.0. The van der Waals surface area contributed by atoms with Crippen molar-refractivity contribution in [3.05, 3.63) is 0 Å². The van der Waals surface area contributed by atoms with E-state index in [1.807, 2.05) is 6.92 Å². The van der Waals surface area contributed by atoms with E-state index in [0.717, 1.165) is 70.6 Å². The zero-order valence-corrected chi connectivity index (χ0v) is 17.6. The zero-order valence-electron chi connectivity index (χ0n) is 17.6. The standard InChI is InChI=1S/C21H38O6/c1-17(20(23)26-3)13-11-12-15-18(21(24)27-4)14-9-7-5-6-8-10-16-19(22)25-2/h17-18H,5-16H2,1-4H3. The SMILES string of the molecule is COC(=O)CCCCCCCCC(CCCCC(C)C(=O)OC)C(=O)OC. The Morgan fingerprint density at radius 1 is 0.630 bits per heavy atom. The average Bonchev–Trinajstić information content (AvgIpc) is 2.69. The number of esters is 3. The van der Waals surface area contributed by atoms with E-state index >= 15 is 0 Å². The van der Waals surface area contributed by atoms with Crippen LogP contribution in [0.5, 0.6) is 0 Å². The van der Waals surface area contributed by atoms with Gasteiger partial charge in [0.1, 0.15) is 0 Å². The Hall–Kier alpha value is -1.59. The van der Waals surface area contributed by atoms with Crippen molar-refractivity contribution >= 4 is 17.9 Å². The van der Waals surface area contributed by atoms with E-state index in [2.05, 4.69) is 4.74 Å². The molecule has 0 saturated carbocycles. The normalized spacial score (nSPS) is 12.9. The van der Waals surface area contributed by atoms with Gasteiger partial charge in [0.25, 0.3) is 0 Å². The minimum absolute atomic E-state index is 0.0530. The van der Waals surface area contributed by atoms with Crippen molar-refractivity contribution in [2.45, 2.75) is 84.0 Å². The smallest absolute Gasteiger partial charge is 0.308 e. The predicted molar refractivity (Wildman–Crippen MR) is 104 cm³/mol. The number of hydrogen-bond donors (Lipinski definition) is 0. The number of rotatable bonds is 16. The van der Waals surface area contributed by atoms with Crippen molar-refractivity contribution in [3.8, 4) is 0 Å². The molecule has 0 spiro atoms. The van der Waals surface area contributed by atoms with Gasteiger partial charge in [-0.15, -0.1) is 0 Å². The third kappa shape index (κ3) is 13.3. The molecule has 0 aromatic carbocycles. The lowest BCUT2D eigenvalue weighted by molar-refractivity contribution is -0.146. The van der Waals surface area contributed by atoms with Crippen molar-refractivity contribution in [1.82, 2.24) is 0 Å². The van der Waals surface area contributed by atoms with Gasteiger partial charge in [0.05, 0.1) is 33.2 Å². The monoisotopic (exact) mass is 386 g/mol. The molecule has 0 radical (unpaired) electrons. The molecular formula is C21H38O6. The van der Waals surface area contributed by atoms with Crippen LogP contribution in [0.1, 0.15) is 84.0 Å². The molecule has 6 heteroatoms.